The van der Waals surface area contributed by atoms with Crippen LogP contribution in [0.2, 0.25) is 0 Å². The van der Waals surface area contributed by atoms with Crippen LogP contribution in [0.25, 0.3) is 0 Å². The van der Waals surface area contributed by atoms with E-state index in [9.17, 15) is 0 Å². The Morgan fingerprint density at radius 1 is 1.29 bits per heavy atom. The lowest BCUT2D eigenvalue weighted by atomic mass is 9.88. The van der Waals surface area contributed by atoms with Gasteiger partial charge in [0.15, 0.2) is 0 Å². The lowest BCUT2D eigenvalue weighted by molar-refractivity contribution is 0.0169. The molecule has 1 saturated heterocycles. The van der Waals surface area contributed by atoms with Crippen LogP contribution in [-0.2, 0) is 9.47 Å². The van der Waals surface area contributed by atoms with Crippen molar-refractivity contribution in [2.75, 3.05) is 46.6 Å². The van der Waals surface area contributed by atoms with Crippen molar-refractivity contribution in [1.82, 2.24) is 4.90 Å². The smallest absolute Gasteiger partial charge is 0.0700 e. The number of hydrogen-bond acceptors (Lipinski definition) is 4. The fourth-order valence-electron chi connectivity index (χ4n) is 1.66. The Hall–Kier alpha value is -0.160. The quantitative estimate of drug-likeness (QED) is 0.594. The molecule has 1 heterocycles. The zero-order valence-corrected chi connectivity index (χ0v) is 9.29. The number of likely N-dealkylation sites (tertiary alicyclic amines) is 1. The zero-order valence-electron chi connectivity index (χ0n) is 9.29. The van der Waals surface area contributed by atoms with E-state index >= 15 is 0 Å². The van der Waals surface area contributed by atoms with Gasteiger partial charge in [0.05, 0.1) is 19.8 Å². The molecule has 0 atom stereocenters. The van der Waals surface area contributed by atoms with E-state index in [2.05, 4.69) is 11.8 Å². The number of ether oxygens (including phenoxy) is 2. The molecule has 4 heteroatoms. The molecule has 0 unspecified atom stereocenters. The maximum Gasteiger partial charge on any atom is 0.0700 e. The van der Waals surface area contributed by atoms with Crippen LogP contribution in [-0.4, -0.2) is 57.0 Å². The van der Waals surface area contributed by atoms with Crippen molar-refractivity contribution in [3.05, 3.63) is 0 Å². The van der Waals surface area contributed by atoms with Crippen LogP contribution in [0.1, 0.15) is 13.3 Å². The molecule has 0 saturated carbocycles. The molecule has 84 valence electrons. The summed E-state index contributed by atoms with van der Waals surface area (Å²) in [6.45, 7) is 7.30. The average molecular weight is 202 g/mol. The summed E-state index contributed by atoms with van der Waals surface area (Å²) in [4.78, 5) is 2.33. The highest BCUT2D eigenvalue weighted by atomic mass is 16.5. The van der Waals surface area contributed by atoms with E-state index in [4.69, 9.17) is 15.2 Å². The SMILES string of the molecule is CCC1(N)CN(CCOCCOC)C1. The summed E-state index contributed by atoms with van der Waals surface area (Å²) in [5, 5.41) is 0. The molecule has 2 N–H and O–H groups in total. The normalized spacial score (nSPS) is 20.8. The van der Waals surface area contributed by atoms with Gasteiger partial charge in [-0.2, -0.15) is 0 Å². The van der Waals surface area contributed by atoms with Gasteiger partial charge in [0.1, 0.15) is 0 Å². The molecule has 1 fully saturated rings. The first-order valence-electron chi connectivity index (χ1n) is 5.28. The first-order chi connectivity index (χ1) is 6.70. The van der Waals surface area contributed by atoms with Gasteiger partial charge in [-0.15, -0.1) is 0 Å². The van der Waals surface area contributed by atoms with Crippen LogP contribution in [0.3, 0.4) is 0 Å². The molecular formula is C10H22N2O2. The second-order valence-corrected chi connectivity index (χ2v) is 4.03. The highest BCUT2D eigenvalue weighted by molar-refractivity contribution is 4.98. The summed E-state index contributed by atoms with van der Waals surface area (Å²) < 4.78 is 10.3. The van der Waals surface area contributed by atoms with Crippen molar-refractivity contribution in [1.29, 1.82) is 0 Å². The fourth-order valence-corrected chi connectivity index (χ4v) is 1.66. The maximum atomic E-state index is 6.04. The molecule has 4 nitrogen and oxygen atoms in total. The molecule has 14 heavy (non-hydrogen) atoms. The van der Waals surface area contributed by atoms with E-state index in [-0.39, 0.29) is 5.54 Å². The van der Waals surface area contributed by atoms with Gasteiger partial charge in [-0.25, -0.2) is 0 Å². The third kappa shape index (κ3) is 3.53. The van der Waals surface area contributed by atoms with Crippen LogP contribution < -0.4 is 5.73 Å². The van der Waals surface area contributed by atoms with Gasteiger partial charge in [0.2, 0.25) is 0 Å². The lowest BCUT2D eigenvalue weighted by Gasteiger charge is -2.47. The van der Waals surface area contributed by atoms with Crippen LogP contribution in [0.4, 0.5) is 0 Å². The minimum atomic E-state index is 0.0759. The Balaban J connectivity index is 1.91. The Morgan fingerprint density at radius 3 is 2.57 bits per heavy atom. The monoisotopic (exact) mass is 202 g/mol. The second kappa shape index (κ2) is 5.66. The van der Waals surface area contributed by atoms with Crippen molar-refractivity contribution in [2.24, 2.45) is 5.73 Å². The molecule has 0 aromatic carbocycles. The average Bonchev–Trinajstić information content (AvgIpc) is 2.14. The van der Waals surface area contributed by atoms with Crippen molar-refractivity contribution in [3.63, 3.8) is 0 Å². The highest BCUT2D eigenvalue weighted by Gasteiger charge is 2.36. The number of rotatable bonds is 7. The summed E-state index contributed by atoms with van der Waals surface area (Å²) >= 11 is 0. The standard InChI is InChI=1S/C10H22N2O2/c1-3-10(11)8-12(9-10)4-5-14-7-6-13-2/h3-9,11H2,1-2H3. The minimum absolute atomic E-state index is 0.0759. The molecule has 1 aliphatic heterocycles. The predicted octanol–water partition coefficient (Wildman–Crippen LogP) is 0.0725. The van der Waals surface area contributed by atoms with Crippen molar-refractivity contribution in [2.45, 2.75) is 18.9 Å². The third-order valence-electron chi connectivity index (χ3n) is 2.76. The number of methoxy groups -OCH3 is 1. The zero-order chi connectivity index (χ0) is 10.4. The Kier molecular flexibility index (Phi) is 4.81. The predicted molar refractivity (Wildman–Crippen MR) is 56.3 cm³/mol. The number of nitrogens with zero attached hydrogens (tertiary/aromatic N) is 1. The summed E-state index contributed by atoms with van der Waals surface area (Å²) in [6.07, 6.45) is 1.06. The second-order valence-electron chi connectivity index (χ2n) is 4.03. The van der Waals surface area contributed by atoms with Gasteiger partial charge in [-0.3, -0.25) is 4.90 Å². The summed E-state index contributed by atoms with van der Waals surface area (Å²) in [7, 11) is 1.68. The molecule has 0 radical (unpaired) electrons. The van der Waals surface area contributed by atoms with Gasteiger partial charge in [-0.05, 0) is 6.42 Å². The molecule has 0 spiro atoms. The lowest BCUT2D eigenvalue weighted by Crippen LogP contribution is -2.67. The Morgan fingerprint density at radius 2 is 2.00 bits per heavy atom. The van der Waals surface area contributed by atoms with Crippen LogP contribution in [0.5, 0.6) is 0 Å². The van der Waals surface area contributed by atoms with Crippen LogP contribution in [0.15, 0.2) is 0 Å². The topological polar surface area (TPSA) is 47.7 Å². The van der Waals surface area contributed by atoms with E-state index < -0.39 is 0 Å². The van der Waals surface area contributed by atoms with E-state index in [0.717, 1.165) is 32.7 Å². The Bertz CT molecular complexity index is 158. The minimum Gasteiger partial charge on any atom is -0.382 e. The maximum absolute atomic E-state index is 6.04. The molecule has 1 aliphatic rings. The van der Waals surface area contributed by atoms with E-state index in [1.54, 1.807) is 7.11 Å². The van der Waals surface area contributed by atoms with E-state index in [1.807, 2.05) is 0 Å². The number of nitrogens with two attached hydrogens (primary N) is 1. The molecule has 0 aromatic heterocycles. The fraction of sp³-hybridized carbons (Fsp3) is 1.00. The molecule has 1 rings (SSSR count). The van der Waals surface area contributed by atoms with Gasteiger partial charge in [0.25, 0.3) is 0 Å². The van der Waals surface area contributed by atoms with Gasteiger partial charge in [-0.1, -0.05) is 6.92 Å². The number of hydrogen-bond donors (Lipinski definition) is 1. The summed E-state index contributed by atoms with van der Waals surface area (Å²) in [5.41, 5.74) is 6.12. The van der Waals surface area contributed by atoms with Crippen LogP contribution >= 0.6 is 0 Å². The third-order valence-corrected chi connectivity index (χ3v) is 2.76. The highest BCUT2D eigenvalue weighted by Crippen LogP contribution is 2.20. The van der Waals surface area contributed by atoms with Gasteiger partial charge >= 0.3 is 0 Å². The first-order valence-corrected chi connectivity index (χ1v) is 5.28. The largest absolute Gasteiger partial charge is 0.382 e. The molecule has 0 aromatic rings. The summed E-state index contributed by atoms with van der Waals surface area (Å²) in [6, 6.07) is 0. The molecular weight excluding hydrogens is 180 g/mol. The first kappa shape index (κ1) is 11.9. The molecule has 0 amide bonds. The van der Waals surface area contributed by atoms with Gasteiger partial charge < -0.3 is 15.2 Å². The summed E-state index contributed by atoms with van der Waals surface area (Å²) in [5.74, 6) is 0. The van der Waals surface area contributed by atoms with Crippen molar-refractivity contribution >= 4 is 0 Å². The molecule has 0 bridgehead atoms. The van der Waals surface area contributed by atoms with Crippen molar-refractivity contribution in [3.8, 4) is 0 Å². The van der Waals surface area contributed by atoms with E-state index in [1.165, 1.54) is 0 Å². The van der Waals surface area contributed by atoms with Gasteiger partial charge in [0, 0.05) is 32.3 Å². The van der Waals surface area contributed by atoms with Crippen molar-refractivity contribution < 1.29 is 9.47 Å². The van der Waals surface area contributed by atoms with E-state index in [0.29, 0.717) is 13.2 Å². The Labute approximate surface area is 86.3 Å². The van der Waals surface area contributed by atoms with Crippen LogP contribution in [0, 0.1) is 0 Å². The molecule has 0 aliphatic carbocycles.